The molecule has 1 atom stereocenters. The monoisotopic (exact) mass is 155 g/mol. The number of nitrogens with two attached hydrogens (primary N) is 1. The van der Waals surface area contributed by atoms with E-state index in [2.05, 4.69) is 0 Å². The molecular formula is C6H12F3N. The van der Waals surface area contributed by atoms with E-state index >= 15 is 0 Å². The normalized spacial score (nSPS) is 15.9. The van der Waals surface area contributed by atoms with Crippen LogP contribution in [0, 0.1) is 5.92 Å². The van der Waals surface area contributed by atoms with E-state index in [9.17, 15) is 13.2 Å². The van der Waals surface area contributed by atoms with E-state index in [0.29, 0.717) is 0 Å². The van der Waals surface area contributed by atoms with Crippen molar-refractivity contribution in [3.63, 3.8) is 0 Å². The highest BCUT2D eigenvalue weighted by atomic mass is 19.4. The average molecular weight is 155 g/mol. The third kappa shape index (κ3) is 3.71. The predicted octanol–water partition coefficient (Wildman–Crippen LogP) is 1.92. The zero-order valence-corrected chi connectivity index (χ0v) is 6.07. The number of rotatable bonds is 2. The lowest BCUT2D eigenvalue weighted by Crippen LogP contribution is -2.38. The SMILES string of the molecule is CC(C)CC(N)C(F)(F)F. The first kappa shape index (κ1) is 9.75. The molecule has 4 heteroatoms. The molecule has 0 saturated heterocycles. The van der Waals surface area contributed by atoms with Crippen molar-refractivity contribution in [3.05, 3.63) is 0 Å². The molecule has 0 heterocycles. The molecule has 0 saturated carbocycles. The summed E-state index contributed by atoms with van der Waals surface area (Å²) in [6, 6.07) is -1.66. The maximum Gasteiger partial charge on any atom is 0.403 e. The number of hydrogen-bond acceptors (Lipinski definition) is 1. The van der Waals surface area contributed by atoms with Gasteiger partial charge < -0.3 is 5.73 Å². The van der Waals surface area contributed by atoms with E-state index in [4.69, 9.17) is 5.73 Å². The first-order valence-corrected chi connectivity index (χ1v) is 3.16. The molecule has 0 aliphatic rings. The predicted molar refractivity (Wildman–Crippen MR) is 33.5 cm³/mol. The molecular weight excluding hydrogens is 143 g/mol. The Balaban J connectivity index is 3.73. The molecule has 0 spiro atoms. The lowest BCUT2D eigenvalue weighted by atomic mass is 10.0. The van der Waals surface area contributed by atoms with Crippen LogP contribution in [0.3, 0.4) is 0 Å². The van der Waals surface area contributed by atoms with Gasteiger partial charge in [-0.3, -0.25) is 0 Å². The number of halogens is 3. The molecule has 10 heavy (non-hydrogen) atoms. The number of alkyl halides is 3. The molecule has 0 radical (unpaired) electrons. The minimum absolute atomic E-state index is 0.00313. The van der Waals surface area contributed by atoms with Gasteiger partial charge in [0.1, 0.15) is 6.04 Å². The Morgan fingerprint density at radius 2 is 1.70 bits per heavy atom. The molecule has 0 fully saturated rings. The van der Waals surface area contributed by atoms with E-state index in [1.54, 1.807) is 13.8 Å². The highest BCUT2D eigenvalue weighted by molar-refractivity contribution is 4.71. The van der Waals surface area contributed by atoms with Crippen LogP contribution in [0.15, 0.2) is 0 Å². The van der Waals surface area contributed by atoms with Crippen molar-refractivity contribution in [1.29, 1.82) is 0 Å². The van der Waals surface area contributed by atoms with Crippen LogP contribution in [-0.4, -0.2) is 12.2 Å². The Hall–Kier alpha value is -0.250. The van der Waals surface area contributed by atoms with Gasteiger partial charge in [0, 0.05) is 0 Å². The quantitative estimate of drug-likeness (QED) is 0.647. The van der Waals surface area contributed by atoms with Crippen LogP contribution in [-0.2, 0) is 0 Å². The summed E-state index contributed by atoms with van der Waals surface area (Å²) < 4.78 is 35.1. The minimum atomic E-state index is -4.23. The van der Waals surface area contributed by atoms with E-state index in [1.165, 1.54) is 0 Å². The van der Waals surface area contributed by atoms with Crippen LogP contribution < -0.4 is 5.73 Å². The van der Waals surface area contributed by atoms with Gasteiger partial charge in [-0.1, -0.05) is 13.8 Å². The standard InChI is InChI=1S/C6H12F3N/c1-4(2)3-5(10)6(7,8)9/h4-5H,3,10H2,1-2H3. The van der Waals surface area contributed by atoms with Crippen LogP contribution >= 0.6 is 0 Å². The van der Waals surface area contributed by atoms with Crippen molar-refractivity contribution >= 4 is 0 Å². The molecule has 62 valence electrons. The smallest absolute Gasteiger partial charge is 0.320 e. The lowest BCUT2D eigenvalue weighted by Gasteiger charge is -2.16. The second-order valence-corrected chi connectivity index (χ2v) is 2.78. The van der Waals surface area contributed by atoms with Gasteiger partial charge >= 0.3 is 6.18 Å². The summed E-state index contributed by atoms with van der Waals surface area (Å²) >= 11 is 0. The van der Waals surface area contributed by atoms with Crippen LogP contribution in [0.1, 0.15) is 20.3 Å². The van der Waals surface area contributed by atoms with Gasteiger partial charge in [-0.2, -0.15) is 13.2 Å². The van der Waals surface area contributed by atoms with Gasteiger partial charge in [-0.05, 0) is 12.3 Å². The third-order valence-corrected chi connectivity index (χ3v) is 1.15. The molecule has 0 aromatic rings. The van der Waals surface area contributed by atoms with Gasteiger partial charge in [0.15, 0.2) is 0 Å². The Bertz CT molecular complexity index is 97.7. The fourth-order valence-corrected chi connectivity index (χ4v) is 0.641. The Morgan fingerprint density at radius 1 is 1.30 bits per heavy atom. The highest BCUT2D eigenvalue weighted by Gasteiger charge is 2.36. The maximum absolute atomic E-state index is 11.7. The van der Waals surface area contributed by atoms with E-state index in [0.717, 1.165) is 0 Å². The molecule has 0 aromatic carbocycles. The van der Waals surface area contributed by atoms with Gasteiger partial charge in [0.05, 0.1) is 0 Å². The summed E-state index contributed by atoms with van der Waals surface area (Å²) in [5, 5.41) is 0. The van der Waals surface area contributed by atoms with Crippen LogP contribution in [0.4, 0.5) is 13.2 Å². The second kappa shape index (κ2) is 3.23. The van der Waals surface area contributed by atoms with Crippen LogP contribution in [0.2, 0.25) is 0 Å². The van der Waals surface area contributed by atoms with E-state index in [-0.39, 0.29) is 12.3 Å². The molecule has 0 amide bonds. The van der Waals surface area contributed by atoms with E-state index in [1.807, 2.05) is 0 Å². The summed E-state index contributed by atoms with van der Waals surface area (Å²) in [5.74, 6) is -0.00313. The highest BCUT2D eigenvalue weighted by Crippen LogP contribution is 2.22. The summed E-state index contributed by atoms with van der Waals surface area (Å²) in [4.78, 5) is 0. The topological polar surface area (TPSA) is 26.0 Å². The van der Waals surface area contributed by atoms with Crippen molar-refractivity contribution in [3.8, 4) is 0 Å². The molecule has 1 nitrogen and oxygen atoms in total. The van der Waals surface area contributed by atoms with Gasteiger partial charge in [-0.25, -0.2) is 0 Å². The summed E-state index contributed by atoms with van der Waals surface area (Å²) in [7, 11) is 0. The van der Waals surface area contributed by atoms with Crippen molar-refractivity contribution in [2.24, 2.45) is 11.7 Å². The average Bonchev–Trinajstić information content (AvgIpc) is 1.60. The minimum Gasteiger partial charge on any atom is -0.320 e. The summed E-state index contributed by atoms with van der Waals surface area (Å²) in [6.45, 7) is 3.43. The van der Waals surface area contributed by atoms with Crippen molar-refractivity contribution in [1.82, 2.24) is 0 Å². The molecule has 0 aromatic heterocycles. The first-order chi connectivity index (χ1) is 4.34. The van der Waals surface area contributed by atoms with Gasteiger partial charge in [0.2, 0.25) is 0 Å². The molecule has 0 bridgehead atoms. The van der Waals surface area contributed by atoms with Crippen LogP contribution in [0.25, 0.3) is 0 Å². The van der Waals surface area contributed by atoms with Gasteiger partial charge in [-0.15, -0.1) is 0 Å². The van der Waals surface area contributed by atoms with Crippen molar-refractivity contribution < 1.29 is 13.2 Å². The zero-order valence-electron chi connectivity index (χ0n) is 6.07. The van der Waals surface area contributed by atoms with Crippen molar-refractivity contribution in [2.45, 2.75) is 32.5 Å². The molecule has 0 aliphatic carbocycles. The largest absolute Gasteiger partial charge is 0.403 e. The molecule has 1 unspecified atom stereocenters. The Labute approximate surface area is 58.4 Å². The third-order valence-electron chi connectivity index (χ3n) is 1.15. The van der Waals surface area contributed by atoms with Gasteiger partial charge in [0.25, 0.3) is 0 Å². The molecule has 2 N–H and O–H groups in total. The Kier molecular flexibility index (Phi) is 3.15. The zero-order chi connectivity index (χ0) is 8.36. The Morgan fingerprint density at radius 3 is 1.80 bits per heavy atom. The summed E-state index contributed by atoms with van der Waals surface area (Å²) in [5.41, 5.74) is 4.83. The number of hydrogen-bond donors (Lipinski definition) is 1. The molecule has 0 rings (SSSR count). The fraction of sp³-hybridized carbons (Fsp3) is 1.00. The van der Waals surface area contributed by atoms with Crippen molar-refractivity contribution in [2.75, 3.05) is 0 Å². The first-order valence-electron chi connectivity index (χ1n) is 3.16. The lowest BCUT2D eigenvalue weighted by molar-refractivity contribution is -0.150. The van der Waals surface area contributed by atoms with Crippen LogP contribution in [0.5, 0.6) is 0 Å². The fourth-order valence-electron chi connectivity index (χ4n) is 0.641. The van der Waals surface area contributed by atoms with E-state index < -0.39 is 12.2 Å². The maximum atomic E-state index is 11.7. The summed E-state index contributed by atoms with van der Waals surface area (Å²) in [6.07, 6.45) is -4.23. The second-order valence-electron chi connectivity index (χ2n) is 2.78. The molecule has 0 aliphatic heterocycles.